The summed E-state index contributed by atoms with van der Waals surface area (Å²) in [5, 5.41) is 2.30. The van der Waals surface area contributed by atoms with Gasteiger partial charge in [0.25, 0.3) is 0 Å². The molecule has 0 saturated heterocycles. The van der Waals surface area contributed by atoms with E-state index in [-0.39, 0.29) is 0 Å². The SMILES string of the molecule is C=Cc1c(C(=C)/C(C)=C/C=C\C)cccc1-c1c(C=C)c(C=C)c(-c2ccc(-c3cccc(C)n3)cc2)c2ccccc12.CC. The van der Waals surface area contributed by atoms with Crippen LogP contribution in [-0.2, 0) is 0 Å². The van der Waals surface area contributed by atoms with Crippen LogP contribution < -0.4 is 0 Å². The molecule has 0 unspecified atom stereocenters. The Labute approximate surface area is 270 Å². The van der Waals surface area contributed by atoms with E-state index in [0.717, 1.165) is 83.4 Å². The highest BCUT2D eigenvalue weighted by molar-refractivity contribution is 6.12. The van der Waals surface area contributed by atoms with Gasteiger partial charge in [-0.1, -0.05) is 149 Å². The number of pyridine rings is 1. The number of aromatic nitrogens is 1. The highest BCUT2D eigenvalue weighted by atomic mass is 14.7. The van der Waals surface area contributed by atoms with Gasteiger partial charge in [0, 0.05) is 11.3 Å². The molecule has 1 heteroatoms. The predicted molar refractivity (Wildman–Crippen MR) is 202 cm³/mol. The van der Waals surface area contributed by atoms with Crippen LogP contribution >= 0.6 is 0 Å². The van der Waals surface area contributed by atoms with Gasteiger partial charge < -0.3 is 0 Å². The average molecular weight is 586 g/mol. The van der Waals surface area contributed by atoms with Gasteiger partial charge in [0.2, 0.25) is 0 Å². The molecule has 1 aromatic heterocycles. The summed E-state index contributed by atoms with van der Waals surface area (Å²) in [4.78, 5) is 4.71. The van der Waals surface area contributed by atoms with Gasteiger partial charge in [-0.3, -0.25) is 4.98 Å². The molecule has 0 saturated carbocycles. The second-order valence-electron chi connectivity index (χ2n) is 10.6. The number of hydrogen-bond acceptors (Lipinski definition) is 1. The number of nitrogens with zero attached hydrogens (tertiary/aromatic N) is 1. The fourth-order valence-corrected chi connectivity index (χ4v) is 5.84. The van der Waals surface area contributed by atoms with E-state index >= 15 is 0 Å². The van der Waals surface area contributed by atoms with Crippen molar-refractivity contribution in [3.8, 4) is 33.5 Å². The molecule has 0 radical (unpaired) electrons. The molecule has 1 heterocycles. The van der Waals surface area contributed by atoms with Crippen molar-refractivity contribution in [1.29, 1.82) is 0 Å². The largest absolute Gasteiger partial charge is 0.253 e. The van der Waals surface area contributed by atoms with E-state index < -0.39 is 0 Å². The lowest BCUT2D eigenvalue weighted by Gasteiger charge is -2.22. The Morgan fingerprint density at radius 2 is 1.24 bits per heavy atom. The summed E-state index contributed by atoms with van der Waals surface area (Å²) >= 11 is 0. The molecule has 224 valence electrons. The zero-order chi connectivity index (χ0) is 32.5. The Hall–Kier alpha value is -5.27. The van der Waals surface area contributed by atoms with E-state index in [2.05, 4.69) is 112 Å². The molecular formula is C44H43N. The Morgan fingerprint density at radius 3 is 1.84 bits per heavy atom. The third kappa shape index (κ3) is 6.49. The van der Waals surface area contributed by atoms with Gasteiger partial charge in [0.05, 0.1) is 5.69 Å². The second kappa shape index (κ2) is 14.9. The van der Waals surface area contributed by atoms with Crippen molar-refractivity contribution in [2.45, 2.75) is 34.6 Å². The summed E-state index contributed by atoms with van der Waals surface area (Å²) in [5.41, 5.74) is 13.8. The van der Waals surface area contributed by atoms with Crippen LogP contribution in [0.15, 0.2) is 135 Å². The van der Waals surface area contributed by atoms with E-state index in [0.29, 0.717) is 0 Å². The van der Waals surface area contributed by atoms with Gasteiger partial charge in [-0.25, -0.2) is 0 Å². The van der Waals surface area contributed by atoms with E-state index in [9.17, 15) is 0 Å². The zero-order valence-electron chi connectivity index (χ0n) is 27.3. The minimum Gasteiger partial charge on any atom is -0.253 e. The topological polar surface area (TPSA) is 12.9 Å². The van der Waals surface area contributed by atoms with Crippen molar-refractivity contribution in [2.75, 3.05) is 0 Å². The fraction of sp³-hybridized carbons (Fsp3) is 0.114. The van der Waals surface area contributed by atoms with Gasteiger partial charge in [0.1, 0.15) is 0 Å². The minimum absolute atomic E-state index is 0.969. The van der Waals surface area contributed by atoms with E-state index in [1.54, 1.807) is 0 Å². The molecule has 0 atom stereocenters. The lowest BCUT2D eigenvalue weighted by atomic mass is 9.81. The highest BCUT2D eigenvalue weighted by Crippen LogP contribution is 2.45. The number of allylic oxidation sites excluding steroid dienone is 5. The predicted octanol–water partition coefficient (Wildman–Crippen LogP) is 13.0. The molecule has 0 amide bonds. The van der Waals surface area contributed by atoms with E-state index in [1.165, 1.54) is 0 Å². The number of benzene rings is 4. The fourth-order valence-electron chi connectivity index (χ4n) is 5.84. The Kier molecular flexibility index (Phi) is 10.8. The maximum Gasteiger partial charge on any atom is 0.0705 e. The van der Waals surface area contributed by atoms with Gasteiger partial charge >= 0.3 is 0 Å². The summed E-state index contributed by atoms with van der Waals surface area (Å²) < 4.78 is 0. The first-order valence-electron chi connectivity index (χ1n) is 15.6. The van der Waals surface area contributed by atoms with Crippen LogP contribution in [0.1, 0.15) is 55.6 Å². The van der Waals surface area contributed by atoms with Crippen LogP contribution in [0.2, 0.25) is 0 Å². The molecule has 0 aliphatic heterocycles. The molecule has 0 N–H and O–H groups in total. The number of aryl methyl sites for hydroxylation is 1. The molecule has 4 aromatic carbocycles. The molecule has 0 spiro atoms. The highest BCUT2D eigenvalue weighted by Gasteiger charge is 2.21. The van der Waals surface area contributed by atoms with Crippen molar-refractivity contribution in [3.05, 3.63) is 163 Å². The summed E-state index contributed by atoms with van der Waals surface area (Å²) in [6, 6.07) is 29.8. The molecule has 1 nitrogen and oxygen atoms in total. The molecule has 5 aromatic rings. The van der Waals surface area contributed by atoms with Crippen molar-refractivity contribution in [2.24, 2.45) is 0 Å². The molecule has 0 bridgehead atoms. The Bertz CT molecular complexity index is 1940. The van der Waals surface area contributed by atoms with Crippen LogP contribution in [0, 0.1) is 6.92 Å². The normalized spacial score (nSPS) is 11.2. The number of hydrogen-bond donors (Lipinski definition) is 0. The van der Waals surface area contributed by atoms with Crippen molar-refractivity contribution in [1.82, 2.24) is 4.98 Å². The molecule has 5 rings (SSSR count). The van der Waals surface area contributed by atoms with Crippen LogP contribution in [0.25, 0.3) is 68.1 Å². The summed E-state index contributed by atoms with van der Waals surface area (Å²) in [6.07, 6.45) is 12.0. The first kappa shape index (κ1) is 32.6. The molecule has 0 fully saturated rings. The van der Waals surface area contributed by atoms with Crippen molar-refractivity contribution >= 4 is 34.6 Å². The van der Waals surface area contributed by atoms with Crippen molar-refractivity contribution in [3.63, 3.8) is 0 Å². The Morgan fingerprint density at radius 1 is 0.667 bits per heavy atom. The van der Waals surface area contributed by atoms with E-state index in [1.807, 2.05) is 70.2 Å². The summed E-state index contributed by atoms with van der Waals surface area (Å²) in [5.74, 6) is 0. The lowest BCUT2D eigenvalue weighted by molar-refractivity contribution is 1.21. The van der Waals surface area contributed by atoms with Gasteiger partial charge in [-0.15, -0.1) is 0 Å². The standard InChI is InChI=1S/C42H37N.C2H6/c1-8-12-17-28(5)30(7)36-21-16-22-37(33(36)9-2)42-35(11-4)34(10-3)41(38-19-13-14-20-39(38)42)32-26-24-31(25-27-32)40-23-15-18-29(6)43-40;1-2/h8-27H,2-4,7H2,1,5-6H3;1-2H3/b12-8-,28-17+;. The quantitative estimate of drug-likeness (QED) is 0.157. The Balaban J connectivity index is 0.00000226. The van der Waals surface area contributed by atoms with Crippen LogP contribution in [0.5, 0.6) is 0 Å². The second-order valence-corrected chi connectivity index (χ2v) is 10.6. The van der Waals surface area contributed by atoms with Gasteiger partial charge in [0.15, 0.2) is 0 Å². The minimum atomic E-state index is 0.969. The maximum atomic E-state index is 4.71. The molecule has 0 aliphatic rings. The first-order valence-corrected chi connectivity index (χ1v) is 15.6. The molecule has 45 heavy (non-hydrogen) atoms. The molecular weight excluding hydrogens is 542 g/mol. The van der Waals surface area contributed by atoms with E-state index in [4.69, 9.17) is 4.98 Å². The summed E-state index contributed by atoms with van der Waals surface area (Å²) in [7, 11) is 0. The smallest absolute Gasteiger partial charge is 0.0705 e. The van der Waals surface area contributed by atoms with Crippen LogP contribution in [0.3, 0.4) is 0 Å². The van der Waals surface area contributed by atoms with Crippen LogP contribution in [0.4, 0.5) is 0 Å². The molecule has 0 aliphatic carbocycles. The van der Waals surface area contributed by atoms with Gasteiger partial charge in [-0.2, -0.15) is 0 Å². The monoisotopic (exact) mass is 585 g/mol. The van der Waals surface area contributed by atoms with Crippen molar-refractivity contribution < 1.29 is 0 Å². The lowest BCUT2D eigenvalue weighted by Crippen LogP contribution is -1.99. The third-order valence-electron chi connectivity index (χ3n) is 7.98. The third-order valence-corrected chi connectivity index (χ3v) is 7.98. The maximum absolute atomic E-state index is 4.71. The zero-order valence-corrected chi connectivity index (χ0v) is 27.3. The van der Waals surface area contributed by atoms with Gasteiger partial charge in [-0.05, 0) is 99.3 Å². The van der Waals surface area contributed by atoms with Crippen LogP contribution in [-0.4, -0.2) is 4.98 Å². The number of fused-ring (bicyclic) bond motifs is 1. The first-order chi connectivity index (χ1) is 21.9. The average Bonchev–Trinajstić information content (AvgIpc) is 3.09. The summed E-state index contributed by atoms with van der Waals surface area (Å²) in [6.45, 7) is 27.4. The number of rotatable bonds is 9.